The van der Waals surface area contributed by atoms with E-state index >= 15 is 0 Å². The first-order chi connectivity index (χ1) is 9.20. The molecule has 2 N–H and O–H groups in total. The summed E-state index contributed by atoms with van der Waals surface area (Å²) in [5.41, 5.74) is 6.93. The zero-order chi connectivity index (χ0) is 13.7. The highest BCUT2D eigenvalue weighted by Crippen LogP contribution is 2.29. The monoisotopic (exact) mass is 264 g/mol. The summed E-state index contributed by atoms with van der Waals surface area (Å²) in [6.45, 7) is 6.04. The van der Waals surface area contributed by atoms with Gasteiger partial charge in [-0.15, -0.1) is 0 Å². The first-order valence-electron chi connectivity index (χ1n) is 6.99. The number of likely N-dealkylation sites (tertiary alicyclic amines) is 1. The summed E-state index contributed by atoms with van der Waals surface area (Å²) >= 11 is 0. The van der Waals surface area contributed by atoms with Crippen LogP contribution in [-0.2, 0) is 0 Å². The van der Waals surface area contributed by atoms with Gasteiger partial charge in [-0.2, -0.15) is 0 Å². The summed E-state index contributed by atoms with van der Waals surface area (Å²) in [7, 11) is 1.66. The molecular weight excluding hydrogens is 240 g/mol. The van der Waals surface area contributed by atoms with Crippen molar-refractivity contribution in [2.45, 2.75) is 25.8 Å². The highest BCUT2D eigenvalue weighted by Gasteiger charge is 2.12. The molecule has 1 aliphatic rings. The molecule has 0 aliphatic carbocycles. The summed E-state index contributed by atoms with van der Waals surface area (Å²) < 4.78 is 11.2. The van der Waals surface area contributed by atoms with Gasteiger partial charge in [-0.25, -0.2) is 0 Å². The molecule has 19 heavy (non-hydrogen) atoms. The highest BCUT2D eigenvalue weighted by molar-refractivity contribution is 5.43. The molecule has 0 bridgehead atoms. The fourth-order valence-electron chi connectivity index (χ4n) is 2.38. The zero-order valence-electron chi connectivity index (χ0n) is 11.9. The van der Waals surface area contributed by atoms with Gasteiger partial charge in [0.25, 0.3) is 0 Å². The Kier molecular flexibility index (Phi) is 5.05. The molecule has 4 nitrogen and oxygen atoms in total. The molecule has 1 aromatic rings. The van der Waals surface area contributed by atoms with Gasteiger partial charge in [0.05, 0.1) is 7.11 Å². The molecule has 0 unspecified atom stereocenters. The lowest BCUT2D eigenvalue weighted by Gasteiger charge is -2.17. The Morgan fingerprint density at radius 3 is 2.63 bits per heavy atom. The van der Waals surface area contributed by atoms with Crippen molar-refractivity contribution >= 4 is 0 Å². The van der Waals surface area contributed by atoms with E-state index in [1.54, 1.807) is 7.11 Å². The molecule has 0 spiro atoms. The fraction of sp³-hybridized carbons (Fsp3) is 0.600. The van der Waals surface area contributed by atoms with E-state index in [1.807, 2.05) is 25.1 Å². The summed E-state index contributed by atoms with van der Waals surface area (Å²) in [6.07, 6.45) is 2.62. The molecule has 2 rings (SSSR count). The minimum atomic E-state index is 0.00699. The smallest absolute Gasteiger partial charge is 0.161 e. The number of methoxy groups -OCH3 is 1. The van der Waals surface area contributed by atoms with Crippen LogP contribution in [0.15, 0.2) is 18.2 Å². The van der Waals surface area contributed by atoms with Crippen molar-refractivity contribution in [3.8, 4) is 11.5 Å². The van der Waals surface area contributed by atoms with E-state index in [1.165, 1.54) is 25.9 Å². The molecule has 0 radical (unpaired) electrons. The van der Waals surface area contributed by atoms with Crippen LogP contribution in [0.2, 0.25) is 0 Å². The number of hydrogen-bond donors (Lipinski definition) is 1. The Morgan fingerprint density at radius 2 is 2.00 bits per heavy atom. The maximum absolute atomic E-state index is 5.87. The zero-order valence-corrected chi connectivity index (χ0v) is 11.9. The van der Waals surface area contributed by atoms with Gasteiger partial charge in [-0.1, -0.05) is 6.07 Å². The van der Waals surface area contributed by atoms with Crippen LogP contribution in [0.25, 0.3) is 0 Å². The van der Waals surface area contributed by atoms with Gasteiger partial charge in [0.15, 0.2) is 11.5 Å². The molecular formula is C15H24N2O2. The number of rotatable bonds is 6. The van der Waals surface area contributed by atoms with Crippen molar-refractivity contribution in [2.75, 3.05) is 33.4 Å². The lowest BCUT2D eigenvalue weighted by molar-refractivity contribution is 0.230. The van der Waals surface area contributed by atoms with Crippen LogP contribution in [0.4, 0.5) is 0 Å². The lowest BCUT2D eigenvalue weighted by Crippen LogP contribution is -2.25. The second kappa shape index (κ2) is 6.78. The van der Waals surface area contributed by atoms with E-state index in [2.05, 4.69) is 4.90 Å². The van der Waals surface area contributed by atoms with Crippen LogP contribution >= 0.6 is 0 Å². The van der Waals surface area contributed by atoms with Gasteiger partial charge < -0.3 is 15.2 Å². The van der Waals surface area contributed by atoms with Gasteiger partial charge in [-0.3, -0.25) is 4.90 Å². The van der Waals surface area contributed by atoms with Crippen LogP contribution < -0.4 is 15.2 Å². The van der Waals surface area contributed by atoms with Crippen molar-refractivity contribution in [3.63, 3.8) is 0 Å². The van der Waals surface area contributed by atoms with Crippen LogP contribution in [0.1, 0.15) is 31.4 Å². The quantitative estimate of drug-likeness (QED) is 0.855. The first-order valence-corrected chi connectivity index (χ1v) is 6.99. The number of ether oxygens (including phenoxy) is 2. The normalized spacial score (nSPS) is 17.4. The molecule has 0 aromatic heterocycles. The molecule has 1 heterocycles. The highest BCUT2D eigenvalue weighted by atomic mass is 16.5. The van der Waals surface area contributed by atoms with Gasteiger partial charge in [0.2, 0.25) is 0 Å². The number of nitrogens with two attached hydrogens (primary N) is 1. The van der Waals surface area contributed by atoms with Gasteiger partial charge in [-0.05, 0) is 50.6 Å². The van der Waals surface area contributed by atoms with Crippen molar-refractivity contribution in [3.05, 3.63) is 23.8 Å². The third kappa shape index (κ3) is 3.85. The van der Waals surface area contributed by atoms with E-state index in [-0.39, 0.29) is 6.04 Å². The second-order valence-corrected chi connectivity index (χ2v) is 5.10. The molecule has 1 saturated heterocycles. The third-order valence-corrected chi connectivity index (χ3v) is 3.58. The SMILES string of the molecule is COc1cc([C@@H](C)N)ccc1OCCN1CCCC1. The number of nitrogens with zero attached hydrogens (tertiary/aromatic N) is 1. The topological polar surface area (TPSA) is 47.7 Å². The maximum Gasteiger partial charge on any atom is 0.161 e. The summed E-state index contributed by atoms with van der Waals surface area (Å²) in [5, 5.41) is 0. The summed E-state index contributed by atoms with van der Waals surface area (Å²) in [5.74, 6) is 1.56. The van der Waals surface area contributed by atoms with Crippen LogP contribution in [-0.4, -0.2) is 38.3 Å². The molecule has 1 aliphatic heterocycles. The predicted molar refractivity (Wildman–Crippen MR) is 76.8 cm³/mol. The van der Waals surface area contributed by atoms with Crippen molar-refractivity contribution in [1.29, 1.82) is 0 Å². The Bertz CT molecular complexity index is 401. The molecule has 0 amide bonds. The Morgan fingerprint density at radius 1 is 1.26 bits per heavy atom. The Labute approximate surface area is 115 Å². The number of benzene rings is 1. The minimum Gasteiger partial charge on any atom is -0.493 e. The largest absolute Gasteiger partial charge is 0.493 e. The molecule has 0 saturated carbocycles. The van der Waals surface area contributed by atoms with E-state index in [0.29, 0.717) is 6.61 Å². The summed E-state index contributed by atoms with van der Waals surface area (Å²) in [4.78, 5) is 2.43. The molecule has 1 aromatic carbocycles. The second-order valence-electron chi connectivity index (χ2n) is 5.10. The predicted octanol–water partition coefficient (Wildman–Crippen LogP) is 2.19. The van der Waals surface area contributed by atoms with Gasteiger partial charge in [0, 0.05) is 12.6 Å². The van der Waals surface area contributed by atoms with Crippen LogP contribution in [0.5, 0.6) is 11.5 Å². The average Bonchev–Trinajstić information content (AvgIpc) is 2.92. The van der Waals surface area contributed by atoms with Crippen molar-refractivity contribution in [2.24, 2.45) is 5.73 Å². The Hall–Kier alpha value is -1.26. The molecule has 106 valence electrons. The van der Waals surface area contributed by atoms with Crippen LogP contribution in [0.3, 0.4) is 0 Å². The first kappa shape index (κ1) is 14.2. The summed E-state index contributed by atoms with van der Waals surface area (Å²) in [6, 6.07) is 5.91. The van der Waals surface area contributed by atoms with Gasteiger partial charge in [0.1, 0.15) is 6.61 Å². The Balaban J connectivity index is 1.91. The van der Waals surface area contributed by atoms with E-state index in [4.69, 9.17) is 15.2 Å². The minimum absolute atomic E-state index is 0.00699. The van der Waals surface area contributed by atoms with Crippen molar-refractivity contribution < 1.29 is 9.47 Å². The maximum atomic E-state index is 5.87. The van der Waals surface area contributed by atoms with E-state index in [0.717, 1.165) is 23.6 Å². The van der Waals surface area contributed by atoms with E-state index in [9.17, 15) is 0 Å². The fourth-order valence-corrected chi connectivity index (χ4v) is 2.38. The van der Waals surface area contributed by atoms with E-state index < -0.39 is 0 Å². The van der Waals surface area contributed by atoms with Gasteiger partial charge >= 0.3 is 0 Å². The molecule has 1 atom stereocenters. The molecule has 1 fully saturated rings. The standard InChI is InChI=1S/C15H24N2O2/c1-12(16)13-5-6-14(15(11-13)18-2)19-10-9-17-7-3-4-8-17/h5-6,11-12H,3-4,7-10,16H2,1-2H3/t12-/m1/s1. The third-order valence-electron chi connectivity index (χ3n) is 3.58. The molecule has 4 heteroatoms. The van der Waals surface area contributed by atoms with Crippen LogP contribution in [0, 0.1) is 0 Å². The van der Waals surface area contributed by atoms with Crippen molar-refractivity contribution in [1.82, 2.24) is 4.90 Å². The number of hydrogen-bond acceptors (Lipinski definition) is 4. The average molecular weight is 264 g/mol. The lowest BCUT2D eigenvalue weighted by atomic mass is 10.1.